The maximum absolute atomic E-state index is 12.8. The lowest BCUT2D eigenvalue weighted by Crippen LogP contribution is -1.98. The molecule has 0 N–H and O–H groups in total. The maximum atomic E-state index is 12.8. The molecule has 2 nitrogen and oxygen atoms in total. The van der Waals surface area contributed by atoms with Crippen LogP contribution in [0.3, 0.4) is 0 Å². The zero-order valence-corrected chi connectivity index (χ0v) is 7.36. The van der Waals surface area contributed by atoms with Crippen molar-refractivity contribution in [3.8, 4) is 0 Å². The van der Waals surface area contributed by atoms with Crippen LogP contribution in [0, 0.1) is 13.8 Å². The highest BCUT2D eigenvalue weighted by atomic mass is 35.5. The van der Waals surface area contributed by atoms with Gasteiger partial charge in [0.1, 0.15) is 0 Å². The Balaban J connectivity index is 3.20. The fourth-order valence-corrected chi connectivity index (χ4v) is 0.988. The smallest absolute Gasteiger partial charge is 0.208 e. The Hall–Kier alpha value is -0.900. The van der Waals surface area contributed by atoms with Gasteiger partial charge in [-0.3, -0.25) is 0 Å². The van der Waals surface area contributed by atoms with Gasteiger partial charge < -0.3 is 0 Å². The normalized spacial score (nSPS) is 13.1. The molecule has 0 spiro atoms. The molecule has 0 saturated carbocycles. The third-order valence-electron chi connectivity index (χ3n) is 1.35. The van der Waals surface area contributed by atoms with E-state index in [0.29, 0.717) is 11.4 Å². The van der Waals surface area contributed by atoms with E-state index in [9.17, 15) is 8.78 Å². The summed E-state index contributed by atoms with van der Waals surface area (Å²) in [4.78, 5) is 0. The maximum Gasteiger partial charge on any atom is 0.262 e. The Morgan fingerprint density at radius 3 is 2.42 bits per heavy atom. The molecule has 0 fully saturated rings. The van der Waals surface area contributed by atoms with Gasteiger partial charge in [0, 0.05) is 5.69 Å². The monoisotopic (exact) mass is 192 g/mol. The van der Waals surface area contributed by atoms with Crippen molar-refractivity contribution in [2.24, 2.45) is 0 Å². The van der Waals surface area contributed by atoms with Gasteiger partial charge >= 0.3 is 0 Å². The lowest BCUT2D eigenvalue weighted by atomic mass is 10.4. The minimum Gasteiger partial charge on any atom is -0.208 e. The summed E-state index contributed by atoms with van der Waals surface area (Å²) in [6, 6.07) is 1.62. The van der Waals surface area contributed by atoms with Crippen molar-refractivity contribution in [2.75, 3.05) is 0 Å². The molecule has 66 valence electrons. The number of aromatic nitrogens is 2. The summed E-state index contributed by atoms with van der Waals surface area (Å²) >= 11 is 4.82. The first-order valence-corrected chi connectivity index (χ1v) is 3.64. The molecule has 12 heavy (non-hydrogen) atoms. The summed E-state index contributed by atoms with van der Waals surface area (Å²) in [6.45, 7) is 3.29. The van der Waals surface area contributed by atoms with Gasteiger partial charge in [0.15, 0.2) is 0 Å². The standard InChI is InChI=1S/C7H7ClF2N2/c1-4-3-5(2)12(11-4)7(10)6(8)9/h3H,1-2H3/b7-6+. The predicted octanol–water partition coefficient (Wildman–Crippen LogP) is 2.76. The van der Waals surface area contributed by atoms with Gasteiger partial charge in [-0.15, -0.1) is 0 Å². The molecule has 0 bridgehead atoms. The molecule has 0 atom stereocenters. The lowest BCUT2D eigenvalue weighted by molar-refractivity contribution is 0.586. The Bertz CT molecular complexity index is 326. The van der Waals surface area contributed by atoms with Crippen LogP contribution in [0.15, 0.2) is 11.4 Å². The molecule has 1 heterocycles. The molecule has 0 aliphatic rings. The van der Waals surface area contributed by atoms with Gasteiger partial charge in [0.2, 0.25) is 5.29 Å². The molecule has 0 aliphatic carbocycles. The first-order valence-electron chi connectivity index (χ1n) is 3.27. The SMILES string of the molecule is Cc1cc(C)n(/C(F)=C(/F)Cl)n1. The van der Waals surface area contributed by atoms with Gasteiger partial charge in [-0.2, -0.15) is 13.9 Å². The summed E-state index contributed by atoms with van der Waals surface area (Å²) in [5.41, 5.74) is 1.11. The van der Waals surface area contributed by atoms with Crippen LogP contribution in [0.25, 0.3) is 5.95 Å². The first kappa shape index (κ1) is 9.19. The van der Waals surface area contributed by atoms with E-state index in [1.165, 1.54) is 0 Å². The van der Waals surface area contributed by atoms with Crippen molar-refractivity contribution in [1.29, 1.82) is 0 Å². The van der Waals surface area contributed by atoms with Crippen molar-refractivity contribution in [3.63, 3.8) is 0 Å². The minimum absolute atomic E-state index is 0.501. The van der Waals surface area contributed by atoms with Gasteiger partial charge in [-0.05, 0) is 31.5 Å². The highest BCUT2D eigenvalue weighted by Crippen LogP contribution is 2.18. The van der Waals surface area contributed by atoms with E-state index in [1.807, 2.05) is 0 Å². The predicted molar refractivity (Wildman–Crippen MR) is 43.0 cm³/mol. The molecule has 0 unspecified atom stereocenters. The molecule has 0 saturated heterocycles. The molecule has 0 amide bonds. The number of hydrogen-bond donors (Lipinski definition) is 0. The van der Waals surface area contributed by atoms with Crippen molar-refractivity contribution >= 4 is 17.6 Å². The second-order valence-electron chi connectivity index (χ2n) is 2.39. The van der Waals surface area contributed by atoms with Crippen LogP contribution in [0.2, 0.25) is 0 Å². The lowest BCUT2D eigenvalue weighted by Gasteiger charge is -1.97. The third-order valence-corrected chi connectivity index (χ3v) is 1.51. The topological polar surface area (TPSA) is 17.8 Å². The van der Waals surface area contributed by atoms with Crippen molar-refractivity contribution in [3.05, 3.63) is 22.7 Å². The Kier molecular flexibility index (Phi) is 2.47. The fourth-order valence-electron chi connectivity index (χ4n) is 0.908. The van der Waals surface area contributed by atoms with Crippen LogP contribution in [-0.2, 0) is 0 Å². The Labute approximate surface area is 73.4 Å². The average molecular weight is 193 g/mol. The molecular weight excluding hydrogens is 186 g/mol. The molecule has 0 aromatic carbocycles. The molecule has 0 aliphatic heterocycles. The minimum atomic E-state index is -1.39. The van der Waals surface area contributed by atoms with E-state index in [-0.39, 0.29) is 0 Å². The zero-order valence-electron chi connectivity index (χ0n) is 6.61. The van der Waals surface area contributed by atoms with Crippen LogP contribution in [-0.4, -0.2) is 9.78 Å². The molecule has 1 aromatic heterocycles. The Morgan fingerprint density at radius 1 is 1.50 bits per heavy atom. The van der Waals surface area contributed by atoms with E-state index in [1.54, 1.807) is 19.9 Å². The van der Waals surface area contributed by atoms with E-state index in [4.69, 9.17) is 11.6 Å². The largest absolute Gasteiger partial charge is 0.262 e. The van der Waals surface area contributed by atoms with Crippen LogP contribution < -0.4 is 0 Å². The quantitative estimate of drug-likeness (QED) is 0.669. The second-order valence-corrected chi connectivity index (χ2v) is 2.72. The van der Waals surface area contributed by atoms with Gasteiger partial charge in [-0.1, -0.05) is 0 Å². The van der Waals surface area contributed by atoms with Gasteiger partial charge in [0.25, 0.3) is 5.95 Å². The fraction of sp³-hybridized carbons (Fsp3) is 0.286. The Morgan fingerprint density at radius 2 is 2.08 bits per heavy atom. The summed E-state index contributed by atoms with van der Waals surface area (Å²) in [5.74, 6) is -1.18. The molecule has 1 aromatic rings. The summed E-state index contributed by atoms with van der Waals surface area (Å²) in [5, 5.41) is 2.30. The second kappa shape index (κ2) is 3.23. The van der Waals surface area contributed by atoms with Crippen molar-refractivity contribution < 1.29 is 8.78 Å². The van der Waals surface area contributed by atoms with Crippen molar-refractivity contribution in [1.82, 2.24) is 9.78 Å². The van der Waals surface area contributed by atoms with Crippen LogP contribution in [0.5, 0.6) is 0 Å². The highest BCUT2D eigenvalue weighted by molar-refractivity contribution is 6.30. The van der Waals surface area contributed by atoms with Crippen LogP contribution >= 0.6 is 11.6 Å². The van der Waals surface area contributed by atoms with Crippen LogP contribution in [0.4, 0.5) is 8.78 Å². The third kappa shape index (κ3) is 1.64. The van der Waals surface area contributed by atoms with Crippen molar-refractivity contribution in [2.45, 2.75) is 13.8 Å². The number of aryl methyl sites for hydroxylation is 2. The summed E-state index contributed by atoms with van der Waals surface area (Å²) in [6.07, 6.45) is 0. The zero-order chi connectivity index (χ0) is 9.30. The van der Waals surface area contributed by atoms with Crippen LogP contribution in [0.1, 0.15) is 11.4 Å². The summed E-state index contributed by atoms with van der Waals surface area (Å²) in [7, 11) is 0. The van der Waals surface area contributed by atoms with E-state index in [2.05, 4.69) is 5.10 Å². The number of hydrogen-bond acceptors (Lipinski definition) is 1. The first-order chi connectivity index (χ1) is 5.52. The van der Waals surface area contributed by atoms with E-state index >= 15 is 0 Å². The molecule has 1 rings (SSSR count). The average Bonchev–Trinajstić information content (AvgIpc) is 2.28. The van der Waals surface area contributed by atoms with E-state index < -0.39 is 11.2 Å². The molecule has 5 heteroatoms. The number of halogens is 3. The number of rotatable bonds is 1. The van der Waals surface area contributed by atoms with Gasteiger partial charge in [-0.25, -0.2) is 4.68 Å². The van der Waals surface area contributed by atoms with Gasteiger partial charge in [0.05, 0.1) is 5.69 Å². The summed E-state index contributed by atoms with van der Waals surface area (Å²) < 4.78 is 25.8. The van der Waals surface area contributed by atoms with E-state index in [0.717, 1.165) is 4.68 Å². The molecular formula is C7H7ClF2N2. The molecule has 0 radical (unpaired) electrons. The number of nitrogens with zero attached hydrogens (tertiary/aromatic N) is 2. The highest BCUT2D eigenvalue weighted by Gasteiger charge is 2.09.